The Morgan fingerprint density at radius 2 is 1.36 bits per heavy atom. The van der Waals surface area contributed by atoms with Gasteiger partial charge in [0.2, 0.25) is 5.75 Å². The number of rotatable bonds is 12. The SMILES string of the molecule is CCOc1cc(C(=O)NN=C(CC(C)C)CC(C)C)cc(OCC)c1OCC. The minimum atomic E-state index is -0.296. The van der Waals surface area contributed by atoms with Crippen molar-refractivity contribution in [3.05, 3.63) is 17.7 Å². The van der Waals surface area contributed by atoms with Crippen LogP contribution in [0.25, 0.3) is 0 Å². The molecule has 1 aromatic carbocycles. The Hall–Kier alpha value is -2.24. The van der Waals surface area contributed by atoms with Gasteiger partial charge in [-0.1, -0.05) is 27.7 Å². The number of benzene rings is 1. The zero-order valence-corrected chi connectivity index (χ0v) is 18.4. The summed E-state index contributed by atoms with van der Waals surface area (Å²) in [6, 6.07) is 3.35. The molecule has 0 bridgehead atoms. The standard InChI is InChI=1S/C22H36N2O4/c1-8-26-19-13-17(14-20(27-9-2)21(19)28-10-3)22(25)24-23-18(11-15(4)5)12-16(6)7/h13-16H,8-12H2,1-7H3,(H,24,25). The molecule has 0 aromatic heterocycles. The average molecular weight is 393 g/mol. The van der Waals surface area contributed by atoms with Crippen LogP contribution < -0.4 is 19.6 Å². The van der Waals surface area contributed by atoms with E-state index in [0.29, 0.717) is 54.5 Å². The van der Waals surface area contributed by atoms with Gasteiger partial charge >= 0.3 is 0 Å². The molecule has 0 heterocycles. The molecule has 6 heteroatoms. The Labute approximate surface area is 169 Å². The molecule has 0 aliphatic rings. The maximum Gasteiger partial charge on any atom is 0.271 e. The van der Waals surface area contributed by atoms with Gasteiger partial charge in [0.15, 0.2) is 11.5 Å². The second kappa shape index (κ2) is 12.3. The number of amides is 1. The molecule has 0 radical (unpaired) electrons. The molecule has 0 unspecified atom stereocenters. The van der Waals surface area contributed by atoms with Crippen LogP contribution in [0.4, 0.5) is 0 Å². The van der Waals surface area contributed by atoms with Crippen LogP contribution in [0.1, 0.15) is 71.7 Å². The normalized spacial score (nSPS) is 10.8. The van der Waals surface area contributed by atoms with Crippen molar-refractivity contribution >= 4 is 11.6 Å². The van der Waals surface area contributed by atoms with Gasteiger partial charge in [0.1, 0.15) is 0 Å². The minimum absolute atomic E-state index is 0.296. The summed E-state index contributed by atoms with van der Waals surface area (Å²) in [4.78, 5) is 12.7. The van der Waals surface area contributed by atoms with Gasteiger partial charge in [0.25, 0.3) is 5.91 Å². The van der Waals surface area contributed by atoms with Gasteiger partial charge in [-0.05, 0) is 57.6 Å². The number of carbonyl (C=O) groups excluding carboxylic acids is 1. The third kappa shape index (κ3) is 7.79. The summed E-state index contributed by atoms with van der Waals surface area (Å²) in [6.07, 6.45) is 1.71. The fraction of sp³-hybridized carbons (Fsp3) is 0.636. The number of hydrogen-bond donors (Lipinski definition) is 1. The van der Waals surface area contributed by atoms with E-state index >= 15 is 0 Å². The van der Waals surface area contributed by atoms with Gasteiger partial charge in [-0.3, -0.25) is 4.79 Å². The second-order valence-electron chi connectivity index (χ2n) is 7.42. The maximum absolute atomic E-state index is 12.7. The summed E-state index contributed by atoms with van der Waals surface area (Å²) in [5.74, 6) is 2.17. The zero-order valence-electron chi connectivity index (χ0n) is 18.4. The monoisotopic (exact) mass is 392 g/mol. The van der Waals surface area contributed by atoms with E-state index in [0.717, 1.165) is 18.6 Å². The van der Waals surface area contributed by atoms with Crippen molar-refractivity contribution in [3.8, 4) is 17.2 Å². The Morgan fingerprint density at radius 1 is 0.893 bits per heavy atom. The number of hydrazone groups is 1. The van der Waals surface area contributed by atoms with Gasteiger partial charge < -0.3 is 14.2 Å². The molecule has 0 spiro atoms. The molecular weight excluding hydrogens is 356 g/mol. The van der Waals surface area contributed by atoms with Crippen LogP contribution >= 0.6 is 0 Å². The highest BCUT2D eigenvalue weighted by Crippen LogP contribution is 2.39. The van der Waals surface area contributed by atoms with E-state index in [4.69, 9.17) is 14.2 Å². The Balaban J connectivity index is 3.15. The van der Waals surface area contributed by atoms with Crippen LogP contribution in [0.5, 0.6) is 17.2 Å². The summed E-state index contributed by atoms with van der Waals surface area (Å²) < 4.78 is 17.0. The van der Waals surface area contributed by atoms with Crippen LogP contribution in [0.3, 0.4) is 0 Å². The van der Waals surface area contributed by atoms with E-state index in [2.05, 4.69) is 38.2 Å². The third-order valence-corrected chi connectivity index (χ3v) is 3.77. The Bertz CT molecular complexity index is 615. The number of ether oxygens (including phenoxy) is 3. The molecule has 0 aliphatic carbocycles. The fourth-order valence-corrected chi connectivity index (χ4v) is 2.83. The van der Waals surface area contributed by atoms with Crippen molar-refractivity contribution in [3.63, 3.8) is 0 Å². The van der Waals surface area contributed by atoms with Gasteiger partial charge in [-0.15, -0.1) is 0 Å². The third-order valence-electron chi connectivity index (χ3n) is 3.77. The first-order valence-electron chi connectivity index (χ1n) is 10.2. The van der Waals surface area contributed by atoms with Crippen molar-refractivity contribution < 1.29 is 19.0 Å². The number of carbonyl (C=O) groups is 1. The number of hydrogen-bond acceptors (Lipinski definition) is 5. The van der Waals surface area contributed by atoms with Crippen molar-refractivity contribution in [2.24, 2.45) is 16.9 Å². The molecular formula is C22H36N2O4. The Morgan fingerprint density at radius 3 is 1.75 bits per heavy atom. The summed E-state index contributed by atoms with van der Waals surface area (Å²) in [6.45, 7) is 15.6. The lowest BCUT2D eigenvalue weighted by molar-refractivity contribution is 0.0953. The molecule has 1 rings (SSSR count). The van der Waals surface area contributed by atoms with E-state index in [-0.39, 0.29) is 5.91 Å². The molecule has 158 valence electrons. The summed E-state index contributed by atoms with van der Waals surface area (Å²) in [7, 11) is 0. The van der Waals surface area contributed by atoms with E-state index in [9.17, 15) is 4.79 Å². The highest BCUT2D eigenvalue weighted by Gasteiger charge is 2.18. The smallest absolute Gasteiger partial charge is 0.271 e. The lowest BCUT2D eigenvalue weighted by atomic mass is 9.99. The molecule has 0 saturated carbocycles. The number of nitrogens with zero attached hydrogens (tertiary/aromatic N) is 1. The van der Waals surface area contributed by atoms with Crippen LogP contribution in [-0.4, -0.2) is 31.4 Å². The van der Waals surface area contributed by atoms with Crippen LogP contribution in [0.15, 0.2) is 17.2 Å². The molecule has 1 aromatic rings. The predicted octanol–water partition coefficient (Wildman–Crippen LogP) is 5.06. The average Bonchev–Trinajstić information content (AvgIpc) is 2.61. The number of nitrogens with one attached hydrogen (secondary N) is 1. The molecule has 0 saturated heterocycles. The second-order valence-corrected chi connectivity index (χ2v) is 7.42. The summed E-state index contributed by atoms with van der Waals surface area (Å²) in [5.41, 5.74) is 4.12. The van der Waals surface area contributed by atoms with Gasteiger partial charge in [-0.25, -0.2) is 5.43 Å². The van der Waals surface area contributed by atoms with Gasteiger partial charge in [0.05, 0.1) is 19.8 Å². The molecule has 0 atom stereocenters. The topological polar surface area (TPSA) is 69.2 Å². The largest absolute Gasteiger partial charge is 0.490 e. The highest BCUT2D eigenvalue weighted by atomic mass is 16.5. The highest BCUT2D eigenvalue weighted by molar-refractivity contribution is 5.96. The van der Waals surface area contributed by atoms with Crippen LogP contribution in [0, 0.1) is 11.8 Å². The van der Waals surface area contributed by atoms with Gasteiger partial charge in [0, 0.05) is 11.3 Å². The minimum Gasteiger partial charge on any atom is -0.490 e. The van der Waals surface area contributed by atoms with E-state index in [1.807, 2.05) is 20.8 Å². The molecule has 6 nitrogen and oxygen atoms in total. The summed E-state index contributed by atoms with van der Waals surface area (Å²) in [5, 5.41) is 4.39. The van der Waals surface area contributed by atoms with Gasteiger partial charge in [-0.2, -0.15) is 5.10 Å². The zero-order chi connectivity index (χ0) is 21.1. The van der Waals surface area contributed by atoms with Crippen molar-refractivity contribution in [1.82, 2.24) is 5.43 Å². The first-order chi connectivity index (χ1) is 13.3. The van der Waals surface area contributed by atoms with E-state index in [1.165, 1.54) is 0 Å². The molecule has 1 amide bonds. The van der Waals surface area contributed by atoms with Crippen LogP contribution in [-0.2, 0) is 0 Å². The van der Waals surface area contributed by atoms with Crippen LogP contribution in [0.2, 0.25) is 0 Å². The van der Waals surface area contributed by atoms with Crippen molar-refractivity contribution in [1.29, 1.82) is 0 Å². The molecule has 0 aliphatic heterocycles. The predicted molar refractivity (Wildman–Crippen MR) is 114 cm³/mol. The lowest BCUT2D eigenvalue weighted by Crippen LogP contribution is -2.21. The lowest BCUT2D eigenvalue weighted by Gasteiger charge is -2.17. The molecule has 0 fully saturated rings. The molecule has 1 N–H and O–H groups in total. The maximum atomic E-state index is 12.7. The van der Waals surface area contributed by atoms with E-state index in [1.54, 1.807) is 12.1 Å². The molecule has 28 heavy (non-hydrogen) atoms. The summed E-state index contributed by atoms with van der Waals surface area (Å²) >= 11 is 0. The first kappa shape index (κ1) is 23.8. The first-order valence-corrected chi connectivity index (χ1v) is 10.2. The van der Waals surface area contributed by atoms with Crippen molar-refractivity contribution in [2.45, 2.75) is 61.3 Å². The Kier molecular flexibility index (Phi) is 10.4. The van der Waals surface area contributed by atoms with E-state index < -0.39 is 0 Å². The fourth-order valence-electron chi connectivity index (χ4n) is 2.83. The van der Waals surface area contributed by atoms with Crippen molar-refractivity contribution in [2.75, 3.05) is 19.8 Å². The quantitative estimate of drug-likeness (QED) is 0.399.